The normalized spacial score (nSPS) is 11.2. The SMILES string of the molecule is C/C(=N/NC(=O)c1cccc(Cl)c1)c1ccc(Br)cc1. The summed E-state index contributed by atoms with van der Waals surface area (Å²) in [7, 11) is 0. The maximum absolute atomic E-state index is 11.9. The van der Waals surface area contributed by atoms with Crippen molar-refractivity contribution in [2.24, 2.45) is 5.10 Å². The van der Waals surface area contributed by atoms with Gasteiger partial charge in [-0.05, 0) is 42.8 Å². The lowest BCUT2D eigenvalue weighted by Gasteiger charge is -2.03. The second-order valence-electron chi connectivity index (χ2n) is 4.16. The van der Waals surface area contributed by atoms with Gasteiger partial charge in [-0.2, -0.15) is 5.10 Å². The summed E-state index contributed by atoms with van der Waals surface area (Å²) >= 11 is 9.21. The molecule has 3 nitrogen and oxygen atoms in total. The Bertz CT molecular complexity index is 653. The van der Waals surface area contributed by atoms with Crippen LogP contribution < -0.4 is 5.43 Å². The van der Waals surface area contributed by atoms with Crippen LogP contribution in [-0.2, 0) is 0 Å². The quantitative estimate of drug-likeness (QED) is 0.651. The summed E-state index contributed by atoms with van der Waals surface area (Å²) in [5.74, 6) is -0.288. The third-order valence-corrected chi connectivity index (χ3v) is 3.44. The van der Waals surface area contributed by atoms with E-state index in [1.165, 1.54) is 0 Å². The molecule has 0 atom stereocenters. The van der Waals surface area contributed by atoms with Gasteiger partial charge in [0.25, 0.3) is 5.91 Å². The standard InChI is InChI=1S/C15H12BrClN2O/c1-10(11-5-7-13(16)8-6-11)18-19-15(20)12-3-2-4-14(17)9-12/h2-9H,1H3,(H,19,20)/b18-10-. The summed E-state index contributed by atoms with van der Waals surface area (Å²) in [6.07, 6.45) is 0. The van der Waals surface area contributed by atoms with E-state index < -0.39 is 0 Å². The summed E-state index contributed by atoms with van der Waals surface area (Å²) in [5.41, 5.74) is 4.67. The average molecular weight is 352 g/mol. The number of halogens is 2. The average Bonchev–Trinajstić information content (AvgIpc) is 2.45. The van der Waals surface area contributed by atoms with Crippen molar-refractivity contribution in [2.75, 3.05) is 0 Å². The molecule has 0 bridgehead atoms. The second-order valence-corrected chi connectivity index (χ2v) is 5.51. The van der Waals surface area contributed by atoms with Crippen molar-refractivity contribution in [3.05, 3.63) is 69.2 Å². The molecule has 0 saturated heterocycles. The first-order valence-electron chi connectivity index (χ1n) is 5.92. The first-order valence-corrected chi connectivity index (χ1v) is 7.09. The van der Waals surface area contributed by atoms with E-state index in [4.69, 9.17) is 11.6 Å². The van der Waals surface area contributed by atoms with Crippen LogP contribution in [-0.4, -0.2) is 11.6 Å². The molecule has 0 unspecified atom stereocenters. The minimum atomic E-state index is -0.288. The zero-order valence-corrected chi connectivity index (χ0v) is 13.1. The Kier molecular flexibility index (Phi) is 4.93. The fraction of sp³-hybridized carbons (Fsp3) is 0.0667. The minimum Gasteiger partial charge on any atom is -0.267 e. The van der Waals surface area contributed by atoms with Gasteiger partial charge in [-0.1, -0.05) is 45.7 Å². The number of rotatable bonds is 3. The predicted octanol–water partition coefficient (Wildman–Crippen LogP) is 4.26. The van der Waals surface area contributed by atoms with Gasteiger partial charge in [0.2, 0.25) is 0 Å². The Labute approximate surface area is 130 Å². The summed E-state index contributed by atoms with van der Waals surface area (Å²) in [6.45, 7) is 1.83. The van der Waals surface area contributed by atoms with E-state index in [0.717, 1.165) is 15.7 Å². The van der Waals surface area contributed by atoms with Crippen LogP contribution in [0.5, 0.6) is 0 Å². The highest BCUT2D eigenvalue weighted by Gasteiger charge is 2.05. The van der Waals surface area contributed by atoms with Crippen LogP contribution in [0.3, 0.4) is 0 Å². The first-order chi connectivity index (χ1) is 9.56. The van der Waals surface area contributed by atoms with Gasteiger partial charge >= 0.3 is 0 Å². The van der Waals surface area contributed by atoms with E-state index in [1.54, 1.807) is 24.3 Å². The smallest absolute Gasteiger partial charge is 0.267 e. The van der Waals surface area contributed by atoms with Gasteiger partial charge < -0.3 is 0 Å². The lowest BCUT2D eigenvalue weighted by molar-refractivity contribution is 0.0955. The molecule has 0 radical (unpaired) electrons. The van der Waals surface area contributed by atoms with Gasteiger partial charge in [-0.3, -0.25) is 4.79 Å². The van der Waals surface area contributed by atoms with E-state index in [2.05, 4.69) is 26.5 Å². The van der Waals surface area contributed by atoms with Crippen molar-refractivity contribution in [3.63, 3.8) is 0 Å². The van der Waals surface area contributed by atoms with Crippen molar-refractivity contribution in [3.8, 4) is 0 Å². The molecule has 0 spiro atoms. The van der Waals surface area contributed by atoms with E-state index in [0.29, 0.717) is 10.6 Å². The Morgan fingerprint density at radius 3 is 2.50 bits per heavy atom. The molecule has 0 aliphatic heterocycles. The number of nitrogens with one attached hydrogen (secondary N) is 1. The lowest BCUT2D eigenvalue weighted by Crippen LogP contribution is -2.19. The highest BCUT2D eigenvalue weighted by atomic mass is 79.9. The number of nitrogens with zero attached hydrogens (tertiary/aromatic N) is 1. The zero-order valence-electron chi connectivity index (χ0n) is 10.7. The van der Waals surface area contributed by atoms with Crippen LogP contribution >= 0.6 is 27.5 Å². The number of hydrogen-bond acceptors (Lipinski definition) is 2. The summed E-state index contributed by atoms with van der Waals surface area (Å²) in [4.78, 5) is 11.9. The molecular weight excluding hydrogens is 340 g/mol. The molecule has 2 aromatic carbocycles. The summed E-state index contributed by atoms with van der Waals surface area (Å²) < 4.78 is 0.997. The summed E-state index contributed by atoms with van der Waals surface area (Å²) in [6, 6.07) is 14.4. The maximum atomic E-state index is 11.9. The molecule has 0 aliphatic carbocycles. The Morgan fingerprint density at radius 1 is 1.15 bits per heavy atom. The number of amides is 1. The largest absolute Gasteiger partial charge is 0.271 e. The zero-order chi connectivity index (χ0) is 14.5. The maximum Gasteiger partial charge on any atom is 0.271 e. The van der Waals surface area contributed by atoms with Crippen LogP contribution in [0.1, 0.15) is 22.8 Å². The highest BCUT2D eigenvalue weighted by molar-refractivity contribution is 9.10. The van der Waals surface area contributed by atoms with Gasteiger partial charge in [0, 0.05) is 15.1 Å². The topological polar surface area (TPSA) is 41.5 Å². The summed E-state index contributed by atoms with van der Waals surface area (Å²) in [5, 5.41) is 4.61. The Hall–Kier alpha value is -1.65. The van der Waals surface area contributed by atoms with Crippen LogP contribution in [0.15, 0.2) is 58.1 Å². The first kappa shape index (κ1) is 14.8. The number of benzene rings is 2. The fourth-order valence-corrected chi connectivity index (χ4v) is 2.04. The van der Waals surface area contributed by atoms with Crippen molar-refractivity contribution in [1.82, 2.24) is 5.43 Å². The molecule has 1 amide bonds. The molecule has 0 fully saturated rings. The molecule has 1 N–H and O–H groups in total. The second kappa shape index (κ2) is 6.68. The van der Waals surface area contributed by atoms with E-state index in [9.17, 15) is 4.79 Å². The van der Waals surface area contributed by atoms with E-state index in [1.807, 2.05) is 31.2 Å². The van der Waals surface area contributed by atoms with Crippen LogP contribution in [0.25, 0.3) is 0 Å². The lowest BCUT2D eigenvalue weighted by atomic mass is 10.1. The van der Waals surface area contributed by atoms with Crippen molar-refractivity contribution >= 4 is 39.1 Å². The van der Waals surface area contributed by atoms with Gasteiger partial charge in [0.05, 0.1) is 5.71 Å². The molecule has 0 aliphatic rings. The van der Waals surface area contributed by atoms with Gasteiger partial charge in [-0.15, -0.1) is 0 Å². The molecular formula is C15H12BrClN2O. The van der Waals surface area contributed by atoms with Crippen LogP contribution in [0.4, 0.5) is 0 Å². The molecule has 0 heterocycles. The molecule has 20 heavy (non-hydrogen) atoms. The number of carbonyl (C=O) groups excluding carboxylic acids is 1. The van der Waals surface area contributed by atoms with Crippen LogP contribution in [0, 0.1) is 0 Å². The fourth-order valence-electron chi connectivity index (χ4n) is 1.58. The molecule has 5 heteroatoms. The third kappa shape index (κ3) is 3.92. The monoisotopic (exact) mass is 350 g/mol. The number of hydrogen-bond donors (Lipinski definition) is 1. The van der Waals surface area contributed by atoms with Crippen molar-refractivity contribution in [2.45, 2.75) is 6.92 Å². The molecule has 102 valence electrons. The Balaban J connectivity index is 2.08. The van der Waals surface area contributed by atoms with Gasteiger partial charge in [-0.25, -0.2) is 5.43 Å². The van der Waals surface area contributed by atoms with Gasteiger partial charge in [0.1, 0.15) is 0 Å². The van der Waals surface area contributed by atoms with Gasteiger partial charge in [0.15, 0.2) is 0 Å². The van der Waals surface area contributed by atoms with E-state index in [-0.39, 0.29) is 5.91 Å². The minimum absolute atomic E-state index is 0.288. The Morgan fingerprint density at radius 2 is 1.85 bits per heavy atom. The third-order valence-electron chi connectivity index (χ3n) is 2.67. The highest BCUT2D eigenvalue weighted by Crippen LogP contribution is 2.12. The molecule has 0 aromatic heterocycles. The molecule has 2 aromatic rings. The number of carbonyl (C=O) groups is 1. The van der Waals surface area contributed by atoms with Crippen LogP contribution in [0.2, 0.25) is 5.02 Å². The van der Waals surface area contributed by atoms with Crippen molar-refractivity contribution in [1.29, 1.82) is 0 Å². The number of hydrazone groups is 1. The molecule has 0 saturated carbocycles. The molecule has 2 rings (SSSR count). The predicted molar refractivity (Wildman–Crippen MR) is 85.3 cm³/mol. The van der Waals surface area contributed by atoms with Crippen molar-refractivity contribution < 1.29 is 4.79 Å². The van der Waals surface area contributed by atoms with E-state index >= 15 is 0 Å².